The smallest absolute Gasteiger partial charge is 0.207 e. The predicted molar refractivity (Wildman–Crippen MR) is 85.0 cm³/mol. The Kier molecular flexibility index (Phi) is 5.16. The first-order valence-corrected chi connectivity index (χ1v) is 9.84. The van der Waals surface area contributed by atoms with Crippen molar-refractivity contribution in [3.63, 3.8) is 0 Å². The zero-order valence-corrected chi connectivity index (χ0v) is 14.6. The Balaban J connectivity index is 2.31. The van der Waals surface area contributed by atoms with E-state index in [9.17, 15) is 8.42 Å². The molecule has 0 radical (unpaired) electrons. The molecule has 0 bridgehead atoms. The van der Waals surface area contributed by atoms with Crippen LogP contribution in [0.5, 0.6) is 0 Å². The summed E-state index contributed by atoms with van der Waals surface area (Å²) < 4.78 is 27.3. The fraction of sp³-hybridized carbons (Fsp3) is 0.714. The van der Waals surface area contributed by atoms with E-state index in [2.05, 4.69) is 6.92 Å². The molecule has 0 spiro atoms. The monoisotopic (exact) mass is 335 g/mol. The molecule has 0 saturated heterocycles. The third-order valence-corrected chi connectivity index (χ3v) is 7.97. The largest absolute Gasteiger partial charge is 0.244 e. The molecule has 3 nitrogen and oxygen atoms in total. The van der Waals surface area contributed by atoms with Crippen molar-refractivity contribution in [3.05, 3.63) is 15.8 Å². The molecule has 1 heterocycles. The number of hydrogen-bond acceptors (Lipinski definition) is 3. The molecule has 0 aromatic carbocycles. The summed E-state index contributed by atoms with van der Waals surface area (Å²) in [5.74, 6) is 0.851. The number of sulfonamides is 1. The van der Waals surface area contributed by atoms with Crippen LogP contribution in [0.1, 0.15) is 43.0 Å². The van der Waals surface area contributed by atoms with E-state index < -0.39 is 10.0 Å². The molecule has 1 aliphatic carbocycles. The summed E-state index contributed by atoms with van der Waals surface area (Å²) in [6.45, 7) is 4.05. The highest BCUT2D eigenvalue weighted by Gasteiger charge is 2.33. The molecule has 2 atom stereocenters. The van der Waals surface area contributed by atoms with Crippen molar-refractivity contribution < 1.29 is 8.42 Å². The maximum Gasteiger partial charge on any atom is 0.244 e. The van der Waals surface area contributed by atoms with E-state index >= 15 is 0 Å². The molecule has 2 rings (SSSR count). The van der Waals surface area contributed by atoms with Gasteiger partial charge in [0, 0.05) is 18.0 Å². The van der Waals surface area contributed by atoms with E-state index in [0.29, 0.717) is 10.8 Å². The minimum absolute atomic E-state index is 0.117. The van der Waals surface area contributed by atoms with Crippen molar-refractivity contribution in [2.75, 3.05) is 7.05 Å². The molecule has 1 aromatic heterocycles. The molecular formula is C14H22ClNO2S2. The molecule has 1 aromatic rings. The summed E-state index contributed by atoms with van der Waals surface area (Å²) in [6.07, 6.45) is 4.22. The number of rotatable bonds is 4. The molecule has 6 heteroatoms. The second-order valence-electron chi connectivity index (χ2n) is 5.75. The van der Waals surface area contributed by atoms with Crippen molar-refractivity contribution in [2.24, 2.45) is 5.92 Å². The van der Waals surface area contributed by atoms with Gasteiger partial charge in [-0.05, 0) is 36.6 Å². The number of halogens is 1. The Morgan fingerprint density at radius 3 is 2.75 bits per heavy atom. The third kappa shape index (κ3) is 3.06. The molecule has 1 aliphatic rings. The average Bonchev–Trinajstić information content (AvgIpc) is 2.79. The average molecular weight is 336 g/mol. The standard InChI is InChI=1S/C14H22ClNO2S2/c1-10-5-4-6-12(7-10)16(3)20(17,18)14-11(2)9-19-13(14)8-15/h9-10,12H,4-8H2,1-3H3. The van der Waals surface area contributed by atoms with Crippen LogP contribution in [-0.4, -0.2) is 25.8 Å². The molecule has 114 valence electrons. The van der Waals surface area contributed by atoms with E-state index in [-0.39, 0.29) is 11.9 Å². The number of hydrogen-bond donors (Lipinski definition) is 0. The third-order valence-electron chi connectivity index (χ3n) is 4.17. The highest BCUT2D eigenvalue weighted by Crippen LogP contribution is 2.34. The van der Waals surface area contributed by atoms with Crippen LogP contribution >= 0.6 is 22.9 Å². The fourth-order valence-corrected chi connectivity index (χ4v) is 6.40. The van der Waals surface area contributed by atoms with Gasteiger partial charge < -0.3 is 0 Å². The summed E-state index contributed by atoms with van der Waals surface area (Å²) >= 11 is 7.32. The number of alkyl halides is 1. The zero-order chi connectivity index (χ0) is 14.9. The van der Waals surface area contributed by atoms with Gasteiger partial charge in [0.25, 0.3) is 0 Å². The normalized spacial score (nSPS) is 24.2. The summed E-state index contributed by atoms with van der Waals surface area (Å²) in [7, 11) is -1.72. The highest BCUT2D eigenvalue weighted by atomic mass is 35.5. The highest BCUT2D eigenvalue weighted by molar-refractivity contribution is 7.89. The van der Waals surface area contributed by atoms with Crippen LogP contribution in [0.15, 0.2) is 10.3 Å². The van der Waals surface area contributed by atoms with E-state index in [1.54, 1.807) is 11.4 Å². The summed E-state index contributed by atoms with van der Waals surface area (Å²) in [5, 5.41) is 1.88. The van der Waals surface area contributed by atoms with Crippen molar-refractivity contribution in [3.8, 4) is 0 Å². The molecule has 1 fully saturated rings. The van der Waals surface area contributed by atoms with Gasteiger partial charge in [-0.15, -0.1) is 22.9 Å². The quantitative estimate of drug-likeness (QED) is 0.780. The Labute approximate surface area is 131 Å². The van der Waals surface area contributed by atoms with Gasteiger partial charge in [-0.1, -0.05) is 19.8 Å². The van der Waals surface area contributed by atoms with Crippen LogP contribution in [0.25, 0.3) is 0 Å². The molecule has 20 heavy (non-hydrogen) atoms. The Bertz CT molecular complexity index is 568. The number of aryl methyl sites for hydroxylation is 1. The molecule has 0 aliphatic heterocycles. The van der Waals surface area contributed by atoms with Gasteiger partial charge in [0.1, 0.15) is 4.90 Å². The van der Waals surface area contributed by atoms with Gasteiger partial charge in [-0.3, -0.25) is 0 Å². The second kappa shape index (κ2) is 6.34. The van der Waals surface area contributed by atoms with Crippen molar-refractivity contribution in [2.45, 2.75) is 56.3 Å². The van der Waals surface area contributed by atoms with Crippen LogP contribution in [0.4, 0.5) is 0 Å². The van der Waals surface area contributed by atoms with Crippen molar-refractivity contribution >= 4 is 33.0 Å². The van der Waals surface area contributed by atoms with Gasteiger partial charge in [0.05, 0.1) is 5.88 Å². The number of nitrogens with zero attached hydrogens (tertiary/aromatic N) is 1. The Morgan fingerprint density at radius 2 is 2.15 bits per heavy atom. The lowest BCUT2D eigenvalue weighted by Gasteiger charge is -2.33. The minimum atomic E-state index is -3.43. The van der Waals surface area contributed by atoms with Gasteiger partial charge in [-0.2, -0.15) is 4.31 Å². The summed E-state index contributed by atoms with van der Waals surface area (Å²) in [6, 6.07) is 0.117. The molecule has 1 saturated carbocycles. The topological polar surface area (TPSA) is 37.4 Å². The lowest BCUT2D eigenvalue weighted by atomic mass is 9.87. The van der Waals surface area contributed by atoms with Crippen LogP contribution in [-0.2, 0) is 15.9 Å². The van der Waals surface area contributed by atoms with Gasteiger partial charge in [-0.25, -0.2) is 8.42 Å². The first kappa shape index (κ1) is 16.3. The van der Waals surface area contributed by atoms with Crippen LogP contribution < -0.4 is 0 Å². The lowest BCUT2D eigenvalue weighted by Crippen LogP contribution is -2.40. The Morgan fingerprint density at radius 1 is 1.45 bits per heavy atom. The van der Waals surface area contributed by atoms with E-state index in [1.165, 1.54) is 17.8 Å². The van der Waals surface area contributed by atoms with Gasteiger partial charge in [0.15, 0.2) is 0 Å². The first-order valence-electron chi connectivity index (χ1n) is 6.99. The van der Waals surface area contributed by atoms with Crippen molar-refractivity contribution in [1.29, 1.82) is 0 Å². The van der Waals surface area contributed by atoms with Gasteiger partial charge >= 0.3 is 0 Å². The van der Waals surface area contributed by atoms with Crippen LogP contribution in [0, 0.1) is 12.8 Å². The van der Waals surface area contributed by atoms with E-state index in [1.807, 2.05) is 12.3 Å². The molecule has 0 amide bonds. The van der Waals surface area contributed by atoms with Crippen molar-refractivity contribution in [1.82, 2.24) is 4.31 Å². The Hall–Kier alpha value is -0.100. The summed E-state index contributed by atoms with van der Waals surface area (Å²) in [5.41, 5.74) is 0.807. The van der Waals surface area contributed by atoms with E-state index in [0.717, 1.165) is 29.7 Å². The molecule has 0 N–H and O–H groups in total. The SMILES string of the molecule is Cc1csc(CCl)c1S(=O)(=O)N(C)C1CCCC(C)C1. The maximum absolute atomic E-state index is 12.9. The molecular weight excluding hydrogens is 314 g/mol. The summed E-state index contributed by atoms with van der Waals surface area (Å²) in [4.78, 5) is 1.18. The maximum atomic E-state index is 12.9. The van der Waals surface area contributed by atoms with E-state index in [4.69, 9.17) is 11.6 Å². The predicted octanol–water partition coefficient (Wildman–Crippen LogP) is 3.99. The number of thiophene rings is 1. The van der Waals surface area contributed by atoms with Crippen LogP contribution in [0.3, 0.4) is 0 Å². The van der Waals surface area contributed by atoms with Crippen LogP contribution in [0.2, 0.25) is 0 Å². The van der Waals surface area contributed by atoms with Gasteiger partial charge in [0.2, 0.25) is 10.0 Å². The fourth-order valence-electron chi connectivity index (χ4n) is 3.00. The first-order chi connectivity index (χ1) is 9.37. The zero-order valence-electron chi connectivity index (χ0n) is 12.2. The lowest BCUT2D eigenvalue weighted by molar-refractivity contribution is 0.239. The minimum Gasteiger partial charge on any atom is -0.207 e. The molecule has 2 unspecified atom stereocenters. The second-order valence-corrected chi connectivity index (χ2v) is 8.92.